The summed E-state index contributed by atoms with van der Waals surface area (Å²) in [7, 11) is 0. The first-order valence-corrected chi connectivity index (χ1v) is 7.24. The topological polar surface area (TPSA) is 87.3 Å². The lowest BCUT2D eigenvalue weighted by Crippen LogP contribution is -2.29. The molecule has 20 heavy (non-hydrogen) atoms. The Balaban J connectivity index is 2.25. The molecule has 1 unspecified atom stereocenters. The maximum absolute atomic E-state index is 10.2. The minimum absolute atomic E-state index is 0.247. The summed E-state index contributed by atoms with van der Waals surface area (Å²) < 4.78 is 0. The van der Waals surface area contributed by atoms with Crippen molar-refractivity contribution in [3.05, 3.63) is 11.9 Å². The van der Waals surface area contributed by atoms with Gasteiger partial charge in [-0.1, -0.05) is 13.8 Å². The van der Waals surface area contributed by atoms with Crippen molar-refractivity contribution in [3.8, 4) is 0 Å². The molecular formula is C14H25N5O. The summed E-state index contributed by atoms with van der Waals surface area (Å²) in [6.07, 6.45) is 2.53. The zero-order valence-corrected chi connectivity index (χ0v) is 12.6. The van der Waals surface area contributed by atoms with Gasteiger partial charge < -0.3 is 15.4 Å². The van der Waals surface area contributed by atoms with Crippen molar-refractivity contribution in [2.75, 3.05) is 23.4 Å². The zero-order chi connectivity index (χ0) is 14.8. The summed E-state index contributed by atoms with van der Waals surface area (Å²) in [6, 6.07) is 1.87. The Morgan fingerprint density at radius 3 is 2.75 bits per heavy atom. The lowest BCUT2D eigenvalue weighted by atomic mass is 9.98. The van der Waals surface area contributed by atoms with E-state index in [1.54, 1.807) is 0 Å². The third kappa shape index (κ3) is 3.58. The highest BCUT2D eigenvalue weighted by molar-refractivity contribution is 5.49. The van der Waals surface area contributed by atoms with E-state index >= 15 is 0 Å². The van der Waals surface area contributed by atoms with Crippen LogP contribution < -0.4 is 16.2 Å². The van der Waals surface area contributed by atoms with Crippen LogP contribution in [0.1, 0.15) is 51.8 Å². The number of hydrazine groups is 1. The van der Waals surface area contributed by atoms with Crippen LogP contribution in [0.25, 0.3) is 0 Å². The van der Waals surface area contributed by atoms with Gasteiger partial charge in [-0.2, -0.15) is 0 Å². The van der Waals surface area contributed by atoms with Gasteiger partial charge in [0.1, 0.15) is 17.5 Å². The Hall–Kier alpha value is -1.40. The minimum Gasteiger partial charge on any atom is -0.390 e. The van der Waals surface area contributed by atoms with Crippen molar-refractivity contribution in [3.63, 3.8) is 0 Å². The van der Waals surface area contributed by atoms with Gasteiger partial charge in [0.05, 0.1) is 5.60 Å². The fraction of sp³-hybridized carbons (Fsp3) is 0.714. The molecule has 0 saturated carbocycles. The highest BCUT2D eigenvalue weighted by Gasteiger charge is 2.26. The molecule has 2 rings (SSSR count). The number of nitrogen functional groups attached to an aromatic ring is 1. The van der Waals surface area contributed by atoms with Gasteiger partial charge in [-0.15, -0.1) is 0 Å². The van der Waals surface area contributed by atoms with Crippen LogP contribution >= 0.6 is 0 Å². The molecule has 0 amide bonds. The van der Waals surface area contributed by atoms with Gasteiger partial charge in [0.2, 0.25) is 0 Å². The molecule has 4 N–H and O–H groups in total. The van der Waals surface area contributed by atoms with Crippen LogP contribution in [-0.2, 0) is 0 Å². The number of nitrogens with one attached hydrogen (secondary N) is 1. The Bertz CT molecular complexity index is 461. The van der Waals surface area contributed by atoms with Gasteiger partial charge in [0.25, 0.3) is 0 Å². The van der Waals surface area contributed by atoms with E-state index in [-0.39, 0.29) is 5.92 Å². The maximum Gasteiger partial charge on any atom is 0.145 e. The molecular weight excluding hydrogens is 254 g/mol. The quantitative estimate of drug-likeness (QED) is 0.576. The predicted octanol–water partition coefficient (Wildman–Crippen LogP) is 1.63. The van der Waals surface area contributed by atoms with Crippen LogP contribution in [0.5, 0.6) is 0 Å². The molecule has 0 bridgehead atoms. The summed E-state index contributed by atoms with van der Waals surface area (Å²) in [6.45, 7) is 7.72. The molecule has 0 spiro atoms. The van der Waals surface area contributed by atoms with Crippen molar-refractivity contribution in [2.24, 2.45) is 5.84 Å². The lowest BCUT2D eigenvalue weighted by molar-refractivity contribution is 0.0481. The summed E-state index contributed by atoms with van der Waals surface area (Å²) >= 11 is 0. The third-order valence-electron chi connectivity index (χ3n) is 3.78. The molecule has 6 heteroatoms. The van der Waals surface area contributed by atoms with E-state index in [9.17, 15) is 5.11 Å². The van der Waals surface area contributed by atoms with Crippen LogP contribution in [0.4, 0.5) is 11.6 Å². The molecule has 1 atom stereocenters. The molecule has 1 aliphatic rings. The van der Waals surface area contributed by atoms with E-state index in [2.05, 4.69) is 34.1 Å². The third-order valence-corrected chi connectivity index (χ3v) is 3.78. The molecule has 2 heterocycles. The first kappa shape index (κ1) is 15.0. The Labute approximate surface area is 120 Å². The normalized spacial score (nSPS) is 23.8. The number of anilines is 2. The second kappa shape index (κ2) is 5.93. The molecule has 1 fully saturated rings. The second-order valence-electron chi connectivity index (χ2n) is 6.11. The summed E-state index contributed by atoms with van der Waals surface area (Å²) in [5, 5.41) is 10.2. The fourth-order valence-corrected chi connectivity index (χ4v) is 2.44. The van der Waals surface area contributed by atoms with E-state index in [0.717, 1.165) is 44.0 Å². The number of aliphatic hydroxyl groups is 1. The highest BCUT2D eigenvalue weighted by Crippen LogP contribution is 2.26. The Kier molecular flexibility index (Phi) is 4.45. The van der Waals surface area contributed by atoms with E-state index in [0.29, 0.717) is 5.82 Å². The summed E-state index contributed by atoms with van der Waals surface area (Å²) in [5.41, 5.74) is 2.03. The second-order valence-corrected chi connectivity index (χ2v) is 6.11. The molecule has 0 radical (unpaired) electrons. The van der Waals surface area contributed by atoms with Crippen molar-refractivity contribution in [1.29, 1.82) is 0 Å². The number of hydrogen-bond donors (Lipinski definition) is 3. The Morgan fingerprint density at radius 1 is 1.35 bits per heavy atom. The number of hydrogen-bond acceptors (Lipinski definition) is 6. The largest absolute Gasteiger partial charge is 0.390 e. The molecule has 1 aromatic rings. The molecule has 0 aliphatic carbocycles. The van der Waals surface area contributed by atoms with E-state index in [1.807, 2.05) is 13.0 Å². The van der Waals surface area contributed by atoms with Crippen LogP contribution in [0.15, 0.2) is 6.07 Å². The number of nitrogens with two attached hydrogens (primary N) is 1. The fourth-order valence-electron chi connectivity index (χ4n) is 2.44. The monoisotopic (exact) mass is 279 g/mol. The van der Waals surface area contributed by atoms with Crippen LogP contribution in [-0.4, -0.2) is 33.8 Å². The Morgan fingerprint density at radius 2 is 2.10 bits per heavy atom. The predicted molar refractivity (Wildman–Crippen MR) is 80.6 cm³/mol. The molecule has 1 aliphatic heterocycles. The molecule has 6 nitrogen and oxygen atoms in total. The van der Waals surface area contributed by atoms with E-state index in [1.165, 1.54) is 0 Å². The highest BCUT2D eigenvalue weighted by atomic mass is 16.3. The average Bonchev–Trinajstić information content (AvgIpc) is 2.59. The van der Waals surface area contributed by atoms with Gasteiger partial charge in [0, 0.05) is 25.1 Å². The molecule has 0 aromatic carbocycles. The number of nitrogens with zero attached hydrogens (tertiary/aromatic N) is 3. The van der Waals surface area contributed by atoms with Crippen LogP contribution in [0, 0.1) is 0 Å². The maximum atomic E-state index is 10.2. The SMILES string of the molecule is CC(C)c1nc(NN)cc(N2CCCC(C)(O)CC2)n1. The number of rotatable bonds is 3. The van der Waals surface area contributed by atoms with E-state index < -0.39 is 5.60 Å². The van der Waals surface area contributed by atoms with Gasteiger partial charge in [0.15, 0.2) is 0 Å². The molecule has 112 valence electrons. The molecule has 1 saturated heterocycles. The zero-order valence-electron chi connectivity index (χ0n) is 12.6. The summed E-state index contributed by atoms with van der Waals surface area (Å²) in [4.78, 5) is 11.2. The minimum atomic E-state index is -0.572. The van der Waals surface area contributed by atoms with E-state index in [4.69, 9.17) is 5.84 Å². The van der Waals surface area contributed by atoms with Crippen molar-refractivity contribution in [1.82, 2.24) is 9.97 Å². The van der Waals surface area contributed by atoms with Gasteiger partial charge in [-0.05, 0) is 26.2 Å². The lowest BCUT2D eigenvalue weighted by Gasteiger charge is -2.24. The van der Waals surface area contributed by atoms with Crippen LogP contribution in [0.2, 0.25) is 0 Å². The molecule has 1 aromatic heterocycles. The summed E-state index contributed by atoms with van der Waals surface area (Å²) in [5.74, 6) is 8.04. The average molecular weight is 279 g/mol. The van der Waals surface area contributed by atoms with Gasteiger partial charge in [-0.25, -0.2) is 15.8 Å². The van der Waals surface area contributed by atoms with Crippen LogP contribution in [0.3, 0.4) is 0 Å². The first-order valence-electron chi connectivity index (χ1n) is 7.24. The van der Waals surface area contributed by atoms with Crippen molar-refractivity contribution >= 4 is 11.6 Å². The smallest absolute Gasteiger partial charge is 0.145 e. The van der Waals surface area contributed by atoms with Gasteiger partial charge in [-0.3, -0.25) is 0 Å². The van der Waals surface area contributed by atoms with Crippen molar-refractivity contribution in [2.45, 2.75) is 51.6 Å². The standard InChI is InChI=1S/C14H25N5O/c1-10(2)13-16-11(18-15)9-12(17-13)19-7-4-5-14(3,20)6-8-19/h9-10,20H,4-8,15H2,1-3H3,(H,16,17,18). The first-order chi connectivity index (χ1) is 9.41. The van der Waals surface area contributed by atoms with Gasteiger partial charge >= 0.3 is 0 Å². The number of aromatic nitrogens is 2. The van der Waals surface area contributed by atoms with Crippen molar-refractivity contribution < 1.29 is 5.11 Å².